The highest BCUT2D eigenvalue weighted by atomic mass is 16.6. The number of benzene rings is 4. The third-order valence-corrected chi connectivity index (χ3v) is 13.8. The minimum absolute atomic E-state index is 0.0330. The number of nitrogens with zero attached hydrogens (tertiary/aromatic N) is 4. The molecule has 0 radical (unpaired) electrons. The van der Waals surface area contributed by atoms with E-state index >= 15 is 4.79 Å². The van der Waals surface area contributed by atoms with Crippen LogP contribution in [-0.4, -0.2) is 134 Å². The molecule has 0 bridgehead atoms. The second-order valence-corrected chi connectivity index (χ2v) is 21.6. The Hall–Kier alpha value is -9.84. The summed E-state index contributed by atoms with van der Waals surface area (Å²) in [4.78, 5) is 115. The third-order valence-electron chi connectivity index (χ3n) is 13.8. The maximum absolute atomic E-state index is 15.5. The lowest BCUT2D eigenvalue weighted by molar-refractivity contribution is -0.157. The molecule has 23 heteroatoms. The molecular formula is C67H77N7O16. The van der Waals surface area contributed by atoms with Crippen LogP contribution in [0.5, 0.6) is 23.0 Å². The summed E-state index contributed by atoms with van der Waals surface area (Å²) in [5.41, 5.74) is -0.159. The number of ether oxygens (including phenoxy) is 8. The Bertz CT molecular complexity index is 3550. The molecule has 0 spiro atoms. The van der Waals surface area contributed by atoms with E-state index in [9.17, 15) is 33.6 Å². The van der Waals surface area contributed by atoms with E-state index in [2.05, 4.69) is 16.0 Å². The van der Waals surface area contributed by atoms with Gasteiger partial charge in [0.05, 0.1) is 36.5 Å². The van der Waals surface area contributed by atoms with Gasteiger partial charge in [-0.1, -0.05) is 103 Å². The van der Waals surface area contributed by atoms with Gasteiger partial charge in [0.25, 0.3) is 34.4 Å². The molecule has 1 atom stereocenters. The standard InChI is InChI=1S/C67H77N7O16/c1-67(2,3)90-56(75)46-86-51-24-22-47(23-25-51)42-55(70-62(78)54-28-33-73(38-41-85-6)66(82)59(54)89-45-50-20-14-9-15-21-50)63(79)74(34-29-68-60(76)52-26-31-71(36-39-83-4)64(80)57(52)87-43-48-16-10-7-11-17-48)35-30-69-61(77)53-27-32-72(37-40-84-5)65(81)58(53)88-44-49-18-12-8-13-19-49/h7-28,31-33,55H,29-30,34-46H2,1-6H3,(H,68,76)(H,69,77)(H,70,78). The van der Waals surface area contributed by atoms with Crippen LogP contribution in [0, 0.1) is 0 Å². The van der Waals surface area contributed by atoms with Crippen LogP contribution in [0.4, 0.5) is 0 Å². The maximum Gasteiger partial charge on any atom is 0.344 e. The van der Waals surface area contributed by atoms with Gasteiger partial charge in [0.1, 0.15) is 37.2 Å². The van der Waals surface area contributed by atoms with Crippen LogP contribution >= 0.6 is 0 Å². The van der Waals surface area contributed by atoms with E-state index < -0.39 is 57.9 Å². The molecule has 4 amide bonds. The van der Waals surface area contributed by atoms with Crippen LogP contribution in [-0.2, 0) is 74.4 Å². The summed E-state index contributed by atoms with van der Waals surface area (Å²) < 4.78 is 49.1. The zero-order valence-electron chi connectivity index (χ0n) is 51.4. The molecule has 0 saturated heterocycles. The van der Waals surface area contributed by atoms with Gasteiger partial charge < -0.3 is 72.4 Å². The minimum atomic E-state index is -1.43. The predicted octanol–water partition coefficient (Wildman–Crippen LogP) is 5.60. The number of nitrogens with one attached hydrogen (secondary N) is 3. The van der Waals surface area contributed by atoms with Gasteiger partial charge in [-0.15, -0.1) is 0 Å². The normalized spacial score (nSPS) is 11.4. The van der Waals surface area contributed by atoms with E-state index in [4.69, 9.17) is 37.9 Å². The molecule has 0 fully saturated rings. The van der Waals surface area contributed by atoms with Gasteiger partial charge in [0.15, 0.2) is 23.9 Å². The minimum Gasteiger partial charge on any atom is -0.482 e. The Morgan fingerprint density at radius 1 is 0.478 bits per heavy atom. The zero-order chi connectivity index (χ0) is 64.4. The number of carbonyl (C=O) groups is 5. The first-order chi connectivity index (χ1) is 43.5. The molecule has 23 nitrogen and oxygen atoms in total. The first-order valence-corrected chi connectivity index (χ1v) is 29.2. The molecule has 3 N–H and O–H groups in total. The molecule has 0 aliphatic heterocycles. The van der Waals surface area contributed by atoms with Crippen LogP contribution in [0.1, 0.15) is 74.1 Å². The molecule has 4 aromatic carbocycles. The third kappa shape index (κ3) is 20.1. The van der Waals surface area contributed by atoms with Crippen molar-refractivity contribution in [2.75, 3.05) is 73.9 Å². The number of pyridine rings is 3. The van der Waals surface area contributed by atoms with Crippen LogP contribution < -0.4 is 51.6 Å². The number of esters is 1. The molecule has 476 valence electrons. The monoisotopic (exact) mass is 1240 g/mol. The topological polar surface area (TPSA) is 265 Å². The molecule has 0 aliphatic carbocycles. The van der Waals surface area contributed by atoms with Crippen molar-refractivity contribution in [2.45, 2.75) is 78.3 Å². The largest absolute Gasteiger partial charge is 0.482 e. The lowest BCUT2D eigenvalue weighted by atomic mass is 10.0. The van der Waals surface area contributed by atoms with Crippen molar-refractivity contribution in [2.24, 2.45) is 0 Å². The molecule has 7 aromatic rings. The molecule has 3 aromatic heterocycles. The van der Waals surface area contributed by atoms with Gasteiger partial charge in [-0.25, -0.2) is 4.79 Å². The highest BCUT2D eigenvalue weighted by Crippen LogP contribution is 2.21. The van der Waals surface area contributed by atoms with Gasteiger partial charge in [-0.2, -0.15) is 0 Å². The lowest BCUT2D eigenvalue weighted by Crippen LogP contribution is -2.53. The van der Waals surface area contributed by atoms with E-state index in [1.807, 2.05) is 66.7 Å². The van der Waals surface area contributed by atoms with Gasteiger partial charge >= 0.3 is 5.97 Å². The molecular weight excluding hydrogens is 1160 g/mol. The van der Waals surface area contributed by atoms with Crippen molar-refractivity contribution in [3.05, 3.63) is 222 Å². The second kappa shape index (κ2) is 34.1. The summed E-state index contributed by atoms with van der Waals surface area (Å²) in [5, 5.41) is 8.51. The van der Waals surface area contributed by atoms with Crippen LogP contribution in [0.3, 0.4) is 0 Å². The summed E-state index contributed by atoms with van der Waals surface area (Å²) in [7, 11) is 4.49. The fourth-order valence-electron chi connectivity index (χ4n) is 9.16. The Morgan fingerprint density at radius 2 is 0.856 bits per heavy atom. The number of carbonyl (C=O) groups excluding carboxylic acids is 5. The first kappa shape index (κ1) is 67.7. The highest BCUT2D eigenvalue weighted by molar-refractivity contribution is 6.00. The Labute approximate surface area is 521 Å². The summed E-state index contributed by atoms with van der Waals surface area (Å²) >= 11 is 0. The van der Waals surface area contributed by atoms with Gasteiger partial charge in [-0.05, 0) is 73.4 Å². The van der Waals surface area contributed by atoms with E-state index in [1.165, 1.54) is 76.7 Å². The molecule has 1 unspecified atom stereocenters. The fraction of sp³-hybridized carbons (Fsp3) is 0.343. The van der Waals surface area contributed by atoms with Crippen LogP contribution in [0.2, 0.25) is 0 Å². The lowest BCUT2D eigenvalue weighted by Gasteiger charge is -2.29. The average Bonchev–Trinajstić information content (AvgIpc) is 1.48. The van der Waals surface area contributed by atoms with E-state index in [0.29, 0.717) is 16.9 Å². The number of rotatable bonds is 34. The number of hydrogen-bond donors (Lipinski definition) is 3. The number of aromatic nitrogens is 3. The predicted molar refractivity (Wildman–Crippen MR) is 334 cm³/mol. The molecule has 3 heterocycles. The smallest absolute Gasteiger partial charge is 0.344 e. The summed E-state index contributed by atoms with van der Waals surface area (Å²) in [6.45, 7) is 4.80. The van der Waals surface area contributed by atoms with Crippen molar-refractivity contribution in [3.8, 4) is 23.0 Å². The quantitative estimate of drug-likeness (QED) is 0.0415. The first-order valence-electron chi connectivity index (χ1n) is 29.2. The molecule has 0 aliphatic rings. The second-order valence-electron chi connectivity index (χ2n) is 21.6. The van der Waals surface area contributed by atoms with Gasteiger partial charge in [0.2, 0.25) is 5.91 Å². The van der Waals surface area contributed by atoms with Crippen LogP contribution in [0.15, 0.2) is 166 Å². The summed E-state index contributed by atoms with van der Waals surface area (Å²) in [5.74, 6) is -3.96. The van der Waals surface area contributed by atoms with Crippen molar-refractivity contribution in [1.82, 2.24) is 34.6 Å². The number of hydrogen-bond acceptors (Lipinski definition) is 16. The number of methoxy groups -OCH3 is 3. The van der Waals surface area contributed by atoms with E-state index in [1.54, 1.807) is 69.3 Å². The van der Waals surface area contributed by atoms with Gasteiger partial charge in [0, 0.05) is 92.2 Å². The Morgan fingerprint density at radius 3 is 1.22 bits per heavy atom. The fourth-order valence-corrected chi connectivity index (χ4v) is 9.16. The highest BCUT2D eigenvalue weighted by Gasteiger charge is 2.30. The van der Waals surface area contributed by atoms with Crippen molar-refractivity contribution in [1.29, 1.82) is 0 Å². The summed E-state index contributed by atoms with van der Waals surface area (Å²) in [6.07, 6.45) is 4.17. The zero-order valence-corrected chi connectivity index (χ0v) is 51.4. The Balaban J connectivity index is 1.22. The Kier molecular flexibility index (Phi) is 25.6. The van der Waals surface area contributed by atoms with Gasteiger partial charge in [-0.3, -0.25) is 33.6 Å². The SMILES string of the molecule is COCCn1ccc(C(=O)NCCN(CCNC(=O)c2ccn(CCOC)c(=O)c2OCc2ccccc2)C(=O)C(Cc2ccc(OCC(=O)OC(C)(C)C)cc2)NC(=O)c2ccn(CCOC)c(=O)c2OCc2ccccc2)c(OCc2ccccc2)c1=O. The average molecular weight is 1240 g/mol. The van der Waals surface area contributed by atoms with Crippen molar-refractivity contribution < 1.29 is 61.9 Å². The molecule has 90 heavy (non-hydrogen) atoms. The summed E-state index contributed by atoms with van der Waals surface area (Å²) in [6, 6.07) is 36.6. The van der Waals surface area contributed by atoms with E-state index in [0.717, 1.165) is 11.1 Å². The van der Waals surface area contributed by atoms with Crippen LogP contribution in [0.25, 0.3) is 0 Å². The van der Waals surface area contributed by atoms with Crippen molar-refractivity contribution in [3.63, 3.8) is 0 Å². The van der Waals surface area contributed by atoms with Crippen molar-refractivity contribution >= 4 is 29.6 Å². The van der Waals surface area contributed by atoms with E-state index in [-0.39, 0.29) is 132 Å². The number of amides is 4. The molecule has 0 saturated carbocycles. The maximum atomic E-state index is 15.5. The molecule has 7 rings (SSSR count).